The molecule has 1 heterocycles. The van der Waals surface area contributed by atoms with Gasteiger partial charge in [0.05, 0.1) is 5.39 Å². The molecule has 1 aromatic heterocycles. The summed E-state index contributed by atoms with van der Waals surface area (Å²) in [6.45, 7) is 1.66. The van der Waals surface area contributed by atoms with Crippen molar-refractivity contribution in [3.8, 4) is 17.1 Å². The minimum Gasteiger partial charge on any atom is -0.479 e. The first-order valence-corrected chi connectivity index (χ1v) is 10.1. The molecule has 0 bridgehead atoms. The Hall–Kier alpha value is -3.08. The lowest BCUT2D eigenvalue weighted by atomic mass is 9.98. The first-order chi connectivity index (χ1) is 14.1. The predicted molar refractivity (Wildman–Crippen MR) is 111 cm³/mol. The van der Waals surface area contributed by atoms with E-state index in [4.69, 9.17) is 13.9 Å². The van der Waals surface area contributed by atoms with Crippen LogP contribution in [0, 0.1) is 0 Å². The van der Waals surface area contributed by atoms with Gasteiger partial charge in [-0.3, -0.25) is 4.79 Å². The number of carbonyl (C=O) groups is 1. The summed E-state index contributed by atoms with van der Waals surface area (Å²) >= 11 is 0. The van der Waals surface area contributed by atoms with Gasteiger partial charge < -0.3 is 13.9 Å². The highest BCUT2D eigenvalue weighted by Crippen LogP contribution is 2.25. The zero-order valence-electron chi connectivity index (χ0n) is 16.4. The van der Waals surface area contributed by atoms with Crippen LogP contribution in [0.3, 0.4) is 0 Å². The Morgan fingerprint density at radius 1 is 1.03 bits per heavy atom. The molecule has 5 nitrogen and oxygen atoms in total. The molecule has 1 atom stereocenters. The van der Waals surface area contributed by atoms with E-state index in [9.17, 15) is 9.59 Å². The van der Waals surface area contributed by atoms with Gasteiger partial charge in [0.15, 0.2) is 11.5 Å². The minimum absolute atomic E-state index is 0.0117. The lowest BCUT2D eigenvalue weighted by Gasteiger charge is -2.23. The number of fused-ring (bicyclic) bond motifs is 1. The van der Waals surface area contributed by atoms with E-state index < -0.39 is 6.10 Å². The van der Waals surface area contributed by atoms with Crippen LogP contribution in [-0.2, 0) is 9.53 Å². The van der Waals surface area contributed by atoms with Gasteiger partial charge in [-0.25, -0.2) is 4.79 Å². The summed E-state index contributed by atoms with van der Waals surface area (Å²) < 4.78 is 17.2. The Bertz CT molecular complexity index is 1050. The Morgan fingerprint density at radius 2 is 1.79 bits per heavy atom. The number of hydrogen-bond donors (Lipinski definition) is 0. The third-order valence-electron chi connectivity index (χ3n) is 5.24. The molecule has 0 amide bonds. The van der Waals surface area contributed by atoms with Gasteiger partial charge >= 0.3 is 5.97 Å². The van der Waals surface area contributed by atoms with Crippen LogP contribution in [0.5, 0.6) is 5.75 Å². The van der Waals surface area contributed by atoms with Crippen molar-refractivity contribution in [2.24, 2.45) is 0 Å². The average Bonchev–Trinajstić information content (AvgIpc) is 2.75. The number of rotatable bonds is 5. The lowest BCUT2D eigenvalue weighted by Crippen LogP contribution is -2.31. The molecule has 29 heavy (non-hydrogen) atoms. The molecule has 0 N–H and O–H groups in total. The topological polar surface area (TPSA) is 65.7 Å². The Kier molecular flexibility index (Phi) is 5.65. The molecule has 3 aromatic rings. The lowest BCUT2D eigenvalue weighted by molar-refractivity contribution is -0.158. The molecule has 0 radical (unpaired) electrons. The molecular formula is C24H24O5. The van der Waals surface area contributed by atoms with Gasteiger partial charge in [-0.05, 0) is 50.8 Å². The second kappa shape index (κ2) is 8.52. The van der Waals surface area contributed by atoms with E-state index in [2.05, 4.69) is 0 Å². The Morgan fingerprint density at radius 3 is 2.55 bits per heavy atom. The van der Waals surface area contributed by atoms with Crippen LogP contribution in [0.15, 0.2) is 63.8 Å². The van der Waals surface area contributed by atoms with Crippen molar-refractivity contribution in [3.63, 3.8) is 0 Å². The van der Waals surface area contributed by atoms with E-state index >= 15 is 0 Å². The quantitative estimate of drug-likeness (QED) is 0.565. The van der Waals surface area contributed by atoms with Gasteiger partial charge in [-0.2, -0.15) is 0 Å². The van der Waals surface area contributed by atoms with Crippen LogP contribution in [0.1, 0.15) is 39.0 Å². The molecule has 0 saturated heterocycles. The van der Waals surface area contributed by atoms with Crippen LogP contribution >= 0.6 is 0 Å². The summed E-state index contributed by atoms with van der Waals surface area (Å²) in [6.07, 6.45) is 4.47. The molecule has 4 rings (SSSR count). The Labute approximate surface area is 169 Å². The summed E-state index contributed by atoms with van der Waals surface area (Å²) in [6, 6.07) is 16.0. The van der Waals surface area contributed by atoms with Crippen molar-refractivity contribution in [2.45, 2.75) is 51.2 Å². The molecule has 5 heteroatoms. The monoisotopic (exact) mass is 392 g/mol. The summed E-state index contributed by atoms with van der Waals surface area (Å²) in [5.74, 6) is 0.579. The van der Waals surface area contributed by atoms with Gasteiger partial charge in [0, 0.05) is 11.6 Å². The van der Waals surface area contributed by atoms with Crippen molar-refractivity contribution < 1.29 is 18.7 Å². The summed E-state index contributed by atoms with van der Waals surface area (Å²) in [5.41, 5.74) is 1.15. The normalized spacial score (nSPS) is 15.8. The SMILES string of the molecule is CC(Oc1ccc2oc(-c3ccccc3)cc(=O)c2c1)C(=O)OC1CCCCC1. The second-order valence-corrected chi connectivity index (χ2v) is 7.46. The predicted octanol–water partition coefficient (Wildman–Crippen LogP) is 5.10. The van der Waals surface area contributed by atoms with Crippen molar-refractivity contribution in [1.82, 2.24) is 0 Å². The molecule has 1 aliphatic carbocycles. The van der Waals surface area contributed by atoms with Gasteiger partial charge in [0.2, 0.25) is 0 Å². The van der Waals surface area contributed by atoms with E-state index in [-0.39, 0.29) is 17.5 Å². The van der Waals surface area contributed by atoms with Crippen molar-refractivity contribution in [3.05, 3.63) is 64.8 Å². The van der Waals surface area contributed by atoms with E-state index in [0.29, 0.717) is 22.5 Å². The second-order valence-electron chi connectivity index (χ2n) is 7.46. The largest absolute Gasteiger partial charge is 0.479 e. The highest BCUT2D eigenvalue weighted by Gasteiger charge is 2.23. The number of benzene rings is 2. The smallest absolute Gasteiger partial charge is 0.347 e. The highest BCUT2D eigenvalue weighted by atomic mass is 16.6. The molecular weight excluding hydrogens is 368 g/mol. The zero-order valence-corrected chi connectivity index (χ0v) is 16.4. The van der Waals surface area contributed by atoms with Crippen molar-refractivity contribution >= 4 is 16.9 Å². The van der Waals surface area contributed by atoms with Crippen LogP contribution in [-0.4, -0.2) is 18.2 Å². The third-order valence-corrected chi connectivity index (χ3v) is 5.24. The maximum absolute atomic E-state index is 12.6. The molecule has 1 fully saturated rings. The Balaban J connectivity index is 1.50. The standard InChI is InChI=1S/C24H24O5/c1-16(24(26)28-18-10-6-3-7-11-18)27-19-12-13-22-20(14-19)21(25)15-23(29-22)17-8-4-2-5-9-17/h2,4-5,8-9,12-16,18H,3,6-7,10-11H2,1H3. The van der Waals surface area contributed by atoms with Crippen LogP contribution < -0.4 is 10.2 Å². The number of carbonyl (C=O) groups excluding carboxylic acids is 1. The summed E-state index contributed by atoms with van der Waals surface area (Å²) in [4.78, 5) is 24.9. The van der Waals surface area contributed by atoms with Gasteiger partial charge in [-0.1, -0.05) is 36.8 Å². The number of hydrogen-bond acceptors (Lipinski definition) is 5. The van der Waals surface area contributed by atoms with E-state index in [1.807, 2.05) is 30.3 Å². The van der Waals surface area contributed by atoms with Crippen LogP contribution in [0.4, 0.5) is 0 Å². The fourth-order valence-corrected chi connectivity index (χ4v) is 3.65. The maximum Gasteiger partial charge on any atom is 0.347 e. The van der Waals surface area contributed by atoms with Crippen molar-refractivity contribution in [2.75, 3.05) is 0 Å². The first kappa shape index (κ1) is 19.2. The van der Waals surface area contributed by atoms with Crippen LogP contribution in [0.2, 0.25) is 0 Å². The molecule has 2 aromatic carbocycles. The van der Waals surface area contributed by atoms with Gasteiger partial charge in [-0.15, -0.1) is 0 Å². The van der Waals surface area contributed by atoms with Crippen LogP contribution in [0.25, 0.3) is 22.3 Å². The highest BCUT2D eigenvalue weighted by molar-refractivity contribution is 5.80. The molecule has 0 spiro atoms. The number of esters is 1. The fraction of sp³-hybridized carbons (Fsp3) is 0.333. The van der Waals surface area contributed by atoms with Gasteiger partial charge in [0.1, 0.15) is 23.2 Å². The van der Waals surface area contributed by atoms with Gasteiger partial charge in [0.25, 0.3) is 0 Å². The zero-order chi connectivity index (χ0) is 20.2. The third kappa shape index (κ3) is 4.50. The fourth-order valence-electron chi connectivity index (χ4n) is 3.65. The van der Waals surface area contributed by atoms with E-state index in [1.54, 1.807) is 25.1 Å². The maximum atomic E-state index is 12.6. The first-order valence-electron chi connectivity index (χ1n) is 10.1. The molecule has 1 saturated carbocycles. The molecule has 1 unspecified atom stereocenters. The summed E-state index contributed by atoms with van der Waals surface area (Å²) in [7, 11) is 0. The molecule has 1 aliphatic rings. The molecule has 0 aliphatic heterocycles. The number of ether oxygens (including phenoxy) is 2. The van der Waals surface area contributed by atoms with Crippen molar-refractivity contribution in [1.29, 1.82) is 0 Å². The van der Waals surface area contributed by atoms with E-state index in [1.165, 1.54) is 12.5 Å². The van der Waals surface area contributed by atoms with E-state index in [0.717, 1.165) is 31.2 Å². The molecule has 150 valence electrons. The summed E-state index contributed by atoms with van der Waals surface area (Å²) in [5, 5.41) is 0.412. The minimum atomic E-state index is -0.745. The average molecular weight is 392 g/mol.